The lowest BCUT2D eigenvalue weighted by Gasteiger charge is -2.29. The van der Waals surface area contributed by atoms with E-state index in [1.165, 1.54) is 0 Å². The zero-order valence-electron chi connectivity index (χ0n) is 10.3. The molecule has 1 aromatic rings. The Morgan fingerprint density at radius 2 is 2.35 bits per heavy atom. The number of aryl methyl sites for hydroxylation is 1. The molecule has 0 amide bonds. The molecule has 1 aliphatic heterocycles. The lowest BCUT2D eigenvalue weighted by molar-refractivity contribution is -0.0255. The minimum atomic E-state index is -0.0527. The van der Waals surface area contributed by atoms with Crippen LogP contribution in [-0.4, -0.2) is 41.6 Å². The Morgan fingerprint density at radius 3 is 3.06 bits per heavy atom. The van der Waals surface area contributed by atoms with Crippen LogP contribution in [0.2, 0.25) is 5.15 Å². The van der Waals surface area contributed by atoms with E-state index >= 15 is 0 Å². The molecule has 5 heteroatoms. The van der Waals surface area contributed by atoms with Crippen LogP contribution in [0.4, 0.5) is 0 Å². The van der Waals surface area contributed by atoms with Gasteiger partial charge in [-0.2, -0.15) is 0 Å². The third-order valence-electron chi connectivity index (χ3n) is 2.83. The highest BCUT2D eigenvalue weighted by Crippen LogP contribution is 2.20. The third kappa shape index (κ3) is 3.37. The summed E-state index contributed by atoms with van der Waals surface area (Å²) < 4.78 is 5.70. The Bertz CT molecular complexity index is 386. The van der Waals surface area contributed by atoms with Crippen molar-refractivity contribution in [2.45, 2.75) is 25.9 Å². The average molecular weight is 256 g/mol. The molecule has 0 N–H and O–H groups in total. The van der Waals surface area contributed by atoms with Gasteiger partial charge < -0.3 is 9.64 Å². The van der Waals surface area contributed by atoms with Gasteiger partial charge in [0.25, 0.3) is 0 Å². The highest BCUT2D eigenvalue weighted by atomic mass is 35.5. The topological polar surface area (TPSA) is 38.2 Å². The van der Waals surface area contributed by atoms with Gasteiger partial charge in [0.15, 0.2) is 5.82 Å². The Kier molecular flexibility index (Phi) is 4.31. The van der Waals surface area contributed by atoms with E-state index in [-0.39, 0.29) is 6.10 Å². The Morgan fingerprint density at radius 1 is 1.53 bits per heavy atom. The van der Waals surface area contributed by atoms with Gasteiger partial charge in [-0.05, 0) is 19.5 Å². The second kappa shape index (κ2) is 5.76. The van der Waals surface area contributed by atoms with Gasteiger partial charge in [-0.1, -0.05) is 24.9 Å². The van der Waals surface area contributed by atoms with E-state index < -0.39 is 0 Å². The molecule has 1 saturated heterocycles. The maximum absolute atomic E-state index is 6.02. The summed E-state index contributed by atoms with van der Waals surface area (Å²) in [7, 11) is 2.08. The fourth-order valence-corrected chi connectivity index (χ4v) is 2.16. The molecule has 0 bridgehead atoms. The summed E-state index contributed by atoms with van der Waals surface area (Å²) in [5, 5.41) is 0.510. The van der Waals surface area contributed by atoms with Gasteiger partial charge in [-0.3, -0.25) is 0 Å². The van der Waals surface area contributed by atoms with Gasteiger partial charge in [0.05, 0.1) is 6.61 Å². The number of hydrogen-bond acceptors (Lipinski definition) is 4. The summed E-state index contributed by atoms with van der Waals surface area (Å²) >= 11 is 6.02. The highest BCUT2D eigenvalue weighted by molar-refractivity contribution is 6.29. The minimum absolute atomic E-state index is 0.0527. The molecule has 0 aliphatic carbocycles. The van der Waals surface area contributed by atoms with E-state index in [9.17, 15) is 0 Å². The summed E-state index contributed by atoms with van der Waals surface area (Å²) in [5.41, 5.74) is 0.999. The second-order valence-corrected chi connectivity index (χ2v) is 4.80. The standard InChI is InChI=1S/C12H18ClN3O/c1-3-4-9-7-11(13)15-12(14-9)10-8-16(2)5-6-17-10/h7,10H,3-6,8H2,1-2H3. The maximum atomic E-state index is 6.02. The fourth-order valence-electron chi connectivity index (χ4n) is 1.95. The van der Waals surface area contributed by atoms with Crippen LogP contribution in [0.25, 0.3) is 0 Å². The first kappa shape index (κ1) is 12.7. The largest absolute Gasteiger partial charge is 0.368 e. The predicted octanol–water partition coefficient (Wildman–Crippen LogP) is 2.09. The number of aromatic nitrogens is 2. The molecule has 0 aromatic carbocycles. The van der Waals surface area contributed by atoms with Gasteiger partial charge in [-0.25, -0.2) is 9.97 Å². The van der Waals surface area contributed by atoms with Gasteiger partial charge >= 0.3 is 0 Å². The zero-order valence-corrected chi connectivity index (χ0v) is 11.1. The van der Waals surface area contributed by atoms with Gasteiger partial charge in [0.2, 0.25) is 0 Å². The number of ether oxygens (including phenoxy) is 1. The first-order chi connectivity index (χ1) is 8.19. The lowest BCUT2D eigenvalue weighted by Crippen LogP contribution is -2.36. The molecule has 4 nitrogen and oxygen atoms in total. The summed E-state index contributed by atoms with van der Waals surface area (Å²) in [4.78, 5) is 11.0. The number of likely N-dealkylation sites (N-methyl/N-ethyl adjacent to an activating group) is 1. The average Bonchev–Trinajstić information content (AvgIpc) is 2.28. The van der Waals surface area contributed by atoms with Crippen LogP contribution < -0.4 is 0 Å². The van der Waals surface area contributed by atoms with E-state index in [0.29, 0.717) is 11.0 Å². The summed E-state index contributed by atoms with van der Waals surface area (Å²) in [6.07, 6.45) is 1.93. The molecule has 0 saturated carbocycles. The minimum Gasteiger partial charge on any atom is -0.368 e. The van der Waals surface area contributed by atoms with Crippen LogP contribution in [0.5, 0.6) is 0 Å². The maximum Gasteiger partial charge on any atom is 0.160 e. The molecule has 2 heterocycles. The van der Waals surface area contributed by atoms with Crippen LogP contribution in [0.15, 0.2) is 6.07 Å². The van der Waals surface area contributed by atoms with Gasteiger partial charge in [0, 0.05) is 18.8 Å². The van der Waals surface area contributed by atoms with Crippen molar-refractivity contribution in [3.05, 3.63) is 22.7 Å². The predicted molar refractivity (Wildman–Crippen MR) is 67.2 cm³/mol. The molecule has 1 aliphatic rings. The molecule has 1 fully saturated rings. The van der Waals surface area contributed by atoms with Crippen LogP contribution in [0.3, 0.4) is 0 Å². The number of halogens is 1. The van der Waals surface area contributed by atoms with E-state index in [0.717, 1.165) is 38.2 Å². The zero-order chi connectivity index (χ0) is 12.3. The van der Waals surface area contributed by atoms with Crippen LogP contribution in [-0.2, 0) is 11.2 Å². The molecular formula is C12H18ClN3O. The SMILES string of the molecule is CCCc1cc(Cl)nc(C2CN(C)CCO2)n1. The molecule has 1 unspecified atom stereocenters. The molecule has 1 atom stereocenters. The van der Waals surface area contributed by atoms with E-state index in [2.05, 4.69) is 28.8 Å². The van der Waals surface area contributed by atoms with Crippen molar-refractivity contribution in [3.8, 4) is 0 Å². The number of nitrogens with zero attached hydrogens (tertiary/aromatic N) is 3. The van der Waals surface area contributed by atoms with Crippen LogP contribution >= 0.6 is 11.6 Å². The van der Waals surface area contributed by atoms with Crippen LogP contribution in [0.1, 0.15) is 31.0 Å². The molecule has 17 heavy (non-hydrogen) atoms. The van der Waals surface area contributed by atoms with E-state index in [1.54, 1.807) is 0 Å². The van der Waals surface area contributed by atoms with Crippen molar-refractivity contribution >= 4 is 11.6 Å². The number of hydrogen-bond donors (Lipinski definition) is 0. The summed E-state index contributed by atoms with van der Waals surface area (Å²) in [6, 6.07) is 1.83. The lowest BCUT2D eigenvalue weighted by atomic mass is 10.2. The Balaban J connectivity index is 2.18. The van der Waals surface area contributed by atoms with Gasteiger partial charge in [0.1, 0.15) is 11.3 Å². The van der Waals surface area contributed by atoms with E-state index in [4.69, 9.17) is 16.3 Å². The molecule has 1 aromatic heterocycles. The Hall–Kier alpha value is -0.710. The second-order valence-electron chi connectivity index (χ2n) is 4.41. The summed E-state index contributed by atoms with van der Waals surface area (Å²) in [5.74, 6) is 0.715. The molecular weight excluding hydrogens is 238 g/mol. The van der Waals surface area contributed by atoms with Gasteiger partial charge in [-0.15, -0.1) is 0 Å². The highest BCUT2D eigenvalue weighted by Gasteiger charge is 2.22. The summed E-state index contributed by atoms with van der Waals surface area (Å²) in [6.45, 7) is 4.63. The number of morpholine rings is 1. The van der Waals surface area contributed by atoms with Crippen LogP contribution in [0, 0.1) is 0 Å². The molecule has 0 radical (unpaired) electrons. The quantitative estimate of drug-likeness (QED) is 0.776. The first-order valence-corrected chi connectivity index (χ1v) is 6.40. The normalized spacial score (nSPS) is 21.7. The Labute approximate surface area is 107 Å². The smallest absolute Gasteiger partial charge is 0.160 e. The first-order valence-electron chi connectivity index (χ1n) is 6.02. The fraction of sp³-hybridized carbons (Fsp3) is 0.667. The molecule has 94 valence electrons. The van der Waals surface area contributed by atoms with E-state index in [1.807, 2.05) is 6.07 Å². The monoisotopic (exact) mass is 255 g/mol. The molecule has 2 rings (SSSR count). The van der Waals surface area contributed by atoms with Crippen molar-refractivity contribution in [1.82, 2.24) is 14.9 Å². The van der Waals surface area contributed by atoms with Crippen molar-refractivity contribution < 1.29 is 4.74 Å². The third-order valence-corrected chi connectivity index (χ3v) is 3.02. The van der Waals surface area contributed by atoms with Crippen molar-refractivity contribution in [2.75, 3.05) is 26.7 Å². The van der Waals surface area contributed by atoms with Crippen molar-refractivity contribution in [2.24, 2.45) is 0 Å². The molecule has 0 spiro atoms. The van der Waals surface area contributed by atoms with Crippen molar-refractivity contribution in [3.63, 3.8) is 0 Å². The van der Waals surface area contributed by atoms with Crippen molar-refractivity contribution in [1.29, 1.82) is 0 Å². The number of rotatable bonds is 3.